The minimum absolute atomic E-state index is 0.112. The molecule has 0 amide bonds. The molecular formula is C12H18NO6P. The average molecular weight is 303 g/mol. The van der Waals surface area contributed by atoms with Gasteiger partial charge in [-0.15, -0.1) is 0 Å². The lowest BCUT2D eigenvalue weighted by atomic mass is 10.1. The van der Waals surface area contributed by atoms with Crippen molar-refractivity contribution in [2.75, 3.05) is 13.2 Å². The SMILES string of the molecule is CCOP(=O)(OCC)C(C)(O)c1ccc([N+](=O)[O-])cc1. The van der Waals surface area contributed by atoms with E-state index in [1.807, 2.05) is 0 Å². The smallest absolute Gasteiger partial charge is 0.366 e. The normalized spacial score (nSPS) is 14.8. The van der Waals surface area contributed by atoms with Crippen molar-refractivity contribution in [3.05, 3.63) is 39.9 Å². The number of aliphatic hydroxyl groups is 1. The van der Waals surface area contributed by atoms with Gasteiger partial charge in [0.1, 0.15) is 0 Å². The molecule has 1 atom stereocenters. The third-order valence-corrected chi connectivity index (χ3v) is 5.28. The maximum Gasteiger partial charge on any atom is 0.366 e. The summed E-state index contributed by atoms with van der Waals surface area (Å²) in [6.07, 6.45) is 0. The molecule has 1 rings (SSSR count). The molecule has 0 spiro atoms. The van der Waals surface area contributed by atoms with E-state index in [2.05, 4.69) is 0 Å². The van der Waals surface area contributed by atoms with Crippen LogP contribution < -0.4 is 0 Å². The van der Waals surface area contributed by atoms with Crippen molar-refractivity contribution in [1.82, 2.24) is 0 Å². The average Bonchev–Trinajstić information content (AvgIpc) is 2.39. The summed E-state index contributed by atoms with van der Waals surface area (Å²) in [4.78, 5) is 10.1. The first kappa shape index (κ1) is 16.8. The minimum atomic E-state index is -3.80. The number of benzene rings is 1. The highest BCUT2D eigenvalue weighted by atomic mass is 31.2. The van der Waals surface area contributed by atoms with Crippen LogP contribution in [0.25, 0.3) is 0 Å². The number of hydrogen-bond acceptors (Lipinski definition) is 6. The van der Waals surface area contributed by atoms with E-state index in [9.17, 15) is 19.8 Å². The number of non-ortho nitro benzene ring substituents is 1. The lowest BCUT2D eigenvalue weighted by molar-refractivity contribution is -0.384. The van der Waals surface area contributed by atoms with E-state index in [0.717, 1.165) is 0 Å². The summed E-state index contributed by atoms with van der Waals surface area (Å²) in [5.41, 5.74) is 0.112. The topological polar surface area (TPSA) is 98.9 Å². The van der Waals surface area contributed by atoms with Crippen LogP contribution >= 0.6 is 7.60 Å². The third kappa shape index (κ3) is 3.24. The second kappa shape index (κ2) is 6.45. The van der Waals surface area contributed by atoms with Gasteiger partial charge in [0.2, 0.25) is 0 Å². The van der Waals surface area contributed by atoms with E-state index < -0.39 is 17.9 Å². The monoisotopic (exact) mass is 303 g/mol. The maximum absolute atomic E-state index is 12.6. The van der Waals surface area contributed by atoms with Gasteiger partial charge in [0.15, 0.2) is 5.34 Å². The molecule has 0 aliphatic heterocycles. The Kier molecular flexibility index (Phi) is 5.42. The predicted molar refractivity (Wildman–Crippen MR) is 73.5 cm³/mol. The van der Waals surface area contributed by atoms with Crippen molar-refractivity contribution in [2.45, 2.75) is 26.1 Å². The second-order valence-electron chi connectivity index (χ2n) is 4.16. The molecule has 7 nitrogen and oxygen atoms in total. The molecule has 20 heavy (non-hydrogen) atoms. The minimum Gasteiger partial charge on any atom is -0.373 e. The van der Waals surface area contributed by atoms with Crippen molar-refractivity contribution in [1.29, 1.82) is 0 Å². The summed E-state index contributed by atoms with van der Waals surface area (Å²) >= 11 is 0. The van der Waals surface area contributed by atoms with Crippen LogP contribution in [0.5, 0.6) is 0 Å². The Balaban J connectivity index is 3.18. The Morgan fingerprint density at radius 3 is 2.05 bits per heavy atom. The zero-order valence-electron chi connectivity index (χ0n) is 11.6. The van der Waals surface area contributed by atoms with Gasteiger partial charge in [0, 0.05) is 12.1 Å². The molecule has 0 aliphatic rings. The van der Waals surface area contributed by atoms with Gasteiger partial charge in [-0.2, -0.15) is 0 Å². The lowest BCUT2D eigenvalue weighted by Gasteiger charge is -2.31. The Labute approximate surface area is 117 Å². The Hall–Kier alpha value is -1.27. The summed E-state index contributed by atoms with van der Waals surface area (Å²) in [5, 5.41) is 19.2. The fourth-order valence-electron chi connectivity index (χ4n) is 1.69. The van der Waals surface area contributed by atoms with Crippen molar-refractivity contribution < 1.29 is 23.6 Å². The van der Waals surface area contributed by atoms with E-state index in [1.54, 1.807) is 13.8 Å². The van der Waals surface area contributed by atoms with E-state index in [0.29, 0.717) is 0 Å². The van der Waals surface area contributed by atoms with Gasteiger partial charge in [-0.05, 0) is 38.5 Å². The molecule has 0 bridgehead atoms. The standard InChI is InChI=1S/C12H18NO6P/c1-4-18-20(17,19-5-2)12(3,14)10-6-8-11(9-7-10)13(15)16/h6-9,14H,4-5H2,1-3H3. The molecule has 8 heteroatoms. The van der Waals surface area contributed by atoms with Crippen LogP contribution in [0, 0.1) is 10.1 Å². The highest BCUT2D eigenvalue weighted by Crippen LogP contribution is 2.63. The first-order valence-corrected chi connectivity index (χ1v) is 7.69. The highest BCUT2D eigenvalue weighted by Gasteiger charge is 2.47. The van der Waals surface area contributed by atoms with Gasteiger partial charge in [-0.3, -0.25) is 14.7 Å². The quantitative estimate of drug-likeness (QED) is 0.472. The van der Waals surface area contributed by atoms with Crippen LogP contribution in [0.1, 0.15) is 26.3 Å². The van der Waals surface area contributed by atoms with Crippen LogP contribution in [0.4, 0.5) is 5.69 Å². The fourth-order valence-corrected chi connectivity index (χ4v) is 3.41. The molecule has 0 fully saturated rings. The molecule has 112 valence electrons. The van der Waals surface area contributed by atoms with Gasteiger partial charge >= 0.3 is 7.60 Å². The summed E-state index contributed by atoms with van der Waals surface area (Å²) < 4.78 is 22.9. The summed E-state index contributed by atoms with van der Waals surface area (Å²) in [5.74, 6) is 0. The largest absolute Gasteiger partial charge is 0.373 e. The lowest BCUT2D eigenvalue weighted by Crippen LogP contribution is -2.24. The number of hydrogen-bond donors (Lipinski definition) is 1. The molecule has 1 N–H and O–H groups in total. The van der Waals surface area contributed by atoms with Crippen molar-refractivity contribution in [3.8, 4) is 0 Å². The van der Waals surface area contributed by atoms with Crippen LogP contribution in [0.15, 0.2) is 24.3 Å². The van der Waals surface area contributed by atoms with Gasteiger partial charge in [-0.1, -0.05) is 0 Å². The predicted octanol–water partition coefficient (Wildman–Crippen LogP) is 3.03. The van der Waals surface area contributed by atoms with Gasteiger partial charge in [0.05, 0.1) is 18.1 Å². The van der Waals surface area contributed by atoms with Crippen LogP contribution in [-0.4, -0.2) is 23.2 Å². The van der Waals surface area contributed by atoms with Gasteiger partial charge in [-0.25, -0.2) is 0 Å². The summed E-state index contributed by atoms with van der Waals surface area (Å²) in [6.45, 7) is 4.80. The fraction of sp³-hybridized carbons (Fsp3) is 0.500. The molecule has 0 radical (unpaired) electrons. The van der Waals surface area contributed by atoms with Crippen molar-refractivity contribution in [2.24, 2.45) is 0 Å². The molecule has 1 unspecified atom stereocenters. The molecule has 1 aromatic rings. The Morgan fingerprint density at radius 1 is 1.25 bits per heavy atom. The Bertz CT molecular complexity index is 503. The molecule has 1 aromatic carbocycles. The van der Waals surface area contributed by atoms with E-state index in [1.165, 1.54) is 31.2 Å². The summed E-state index contributed by atoms with van der Waals surface area (Å²) in [7, 11) is -3.80. The number of nitrogens with zero attached hydrogens (tertiary/aromatic N) is 1. The highest BCUT2D eigenvalue weighted by molar-refractivity contribution is 7.54. The zero-order valence-corrected chi connectivity index (χ0v) is 12.5. The number of nitro groups is 1. The first-order chi connectivity index (χ1) is 9.28. The third-order valence-electron chi connectivity index (χ3n) is 2.76. The maximum atomic E-state index is 12.6. The van der Waals surface area contributed by atoms with Crippen LogP contribution in [0.2, 0.25) is 0 Å². The molecule has 0 saturated heterocycles. The molecule has 0 aromatic heterocycles. The Morgan fingerprint density at radius 2 is 1.70 bits per heavy atom. The van der Waals surface area contributed by atoms with Crippen molar-refractivity contribution >= 4 is 13.3 Å². The number of rotatable bonds is 7. The van der Waals surface area contributed by atoms with Crippen molar-refractivity contribution in [3.63, 3.8) is 0 Å². The van der Waals surface area contributed by atoms with E-state index in [-0.39, 0.29) is 24.5 Å². The van der Waals surface area contributed by atoms with Crippen LogP contribution in [0.3, 0.4) is 0 Å². The number of nitro benzene ring substituents is 1. The first-order valence-electron chi connectivity index (χ1n) is 6.15. The van der Waals surface area contributed by atoms with E-state index in [4.69, 9.17) is 9.05 Å². The molecule has 0 aliphatic carbocycles. The molecular weight excluding hydrogens is 285 g/mol. The molecule has 0 saturated carbocycles. The molecule has 0 heterocycles. The van der Waals surface area contributed by atoms with Gasteiger partial charge in [0.25, 0.3) is 5.69 Å². The summed E-state index contributed by atoms with van der Waals surface area (Å²) in [6, 6.07) is 5.13. The van der Waals surface area contributed by atoms with E-state index >= 15 is 0 Å². The second-order valence-corrected chi connectivity index (χ2v) is 6.54. The zero-order chi connectivity index (χ0) is 15.4. The van der Waals surface area contributed by atoms with Gasteiger partial charge < -0.3 is 14.2 Å². The van der Waals surface area contributed by atoms with Crippen LogP contribution in [-0.2, 0) is 19.0 Å².